The third kappa shape index (κ3) is 5.00. The van der Waals surface area contributed by atoms with Crippen LogP contribution in [0.5, 0.6) is 28.7 Å². The highest BCUT2D eigenvalue weighted by molar-refractivity contribution is 6.12. The molecule has 1 aliphatic heterocycles. The summed E-state index contributed by atoms with van der Waals surface area (Å²) in [6, 6.07) is 16.9. The van der Waals surface area contributed by atoms with Crippen molar-refractivity contribution in [3.63, 3.8) is 0 Å². The molecule has 36 heavy (non-hydrogen) atoms. The summed E-state index contributed by atoms with van der Waals surface area (Å²) in [4.78, 5) is 29.5. The Kier molecular flexibility index (Phi) is 7.20. The van der Waals surface area contributed by atoms with Gasteiger partial charge in [0.1, 0.15) is 0 Å². The first-order chi connectivity index (χ1) is 17.5. The van der Waals surface area contributed by atoms with E-state index in [-0.39, 0.29) is 28.7 Å². The molecule has 0 saturated heterocycles. The zero-order valence-corrected chi connectivity index (χ0v) is 20.1. The smallest absolute Gasteiger partial charge is 0.363 e. The lowest BCUT2D eigenvalue weighted by molar-refractivity contribution is -0.129. The fourth-order valence-electron chi connectivity index (χ4n) is 3.49. The number of carbonyl (C=O) groups is 2. The Morgan fingerprint density at radius 2 is 1.47 bits per heavy atom. The van der Waals surface area contributed by atoms with Crippen molar-refractivity contribution in [1.29, 1.82) is 0 Å². The standard InChI is InChI=1S/C27H23NO8/c1-31-21-13-16(12-19-27(30)36-25(28-19)17-8-6-5-7-9-17)10-11-20(21)35-26(29)18-14-22(32-2)24(34-4)23(15-18)33-3/h5-15H,1-4H3. The van der Waals surface area contributed by atoms with Gasteiger partial charge < -0.3 is 28.4 Å². The van der Waals surface area contributed by atoms with E-state index in [4.69, 9.17) is 28.4 Å². The average molecular weight is 489 g/mol. The highest BCUT2D eigenvalue weighted by Crippen LogP contribution is 2.39. The normalized spacial score (nSPS) is 13.6. The molecule has 0 N–H and O–H groups in total. The van der Waals surface area contributed by atoms with Crippen LogP contribution in [0.3, 0.4) is 0 Å². The number of rotatable bonds is 8. The molecule has 0 amide bonds. The summed E-state index contributed by atoms with van der Waals surface area (Å²) in [5.41, 5.74) is 1.62. The van der Waals surface area contributed by atoms with Gasteiger partial charge in [0.25, 0.3) is 0 Å². The number of benzene rings is 3. The fourth-order valence-corrected chi connectivity index (χ4v) is 3.49. The lowest BCUT2D eigenvalue weighted by Crippen LogP contribution is -2.10. The van der Waals surface area contributed by atoms with E-state index in [0.717, 1.165) is 0 Å². The Morgan fingerprint density at radius 1 is 0.806 bits per heavy atom. The molecule has 9 heteroatoms. The number of nitrogens with zero attached hydrogens (tertiary/aromatic N) is 1. The zero-order valence-electron chi connectivity index (χ0n) is 20.1. The largest absolute Gasteiger partial charge is 0.493 e. The number of hydrogen-bond acceptors (Lipinski definition) is 9. The summed E-state index contributed by atoms with van der Waals surface area (Å²) >= 11 is 0. The number of aliphatic imine (C=N–C) groups is 1. The average Bonchev–Trinajstić information content (AvgIpc) is 3.28. The Morgan fingerprint density at radius 3 is 2.08 bits per heavy atom. The molecule has 184 valence electrons. The van der Waals surface area contributed by atoms with Crippen LogP contribution in [0.15, 0.2) is 71.4 Å². The van der Waals surface area contributed by atoms with Crippen LogP contribution >= 0.6 is 0 Å². The van der Waals surface area contributed by atoms with Crippen LogP contribution < -0.4 is 23.7 Å². The van der Waals surface area contributed by atoms with Crippen molar-refractivity contribution in [2.24, 2.45) is 4.99 Å². The number of methoxy groups -OCH3 is 4. The Bertz CT molecular complexity index is 1340. The monoisotopic (exact) mass is 489 g/mol. The Hall–Kier alpha value is -4.79. The molecule has 0 radical (unpaired) electrons. The van der Waals surface area contributed by atoms with Crippen LogP contribution in [0, 0.1) is 0 Å². The minimum atomic E-state index is -0.657. The van der Waals surface area contributed by atoms with E-state index in [1.807, 2.05) is 18.2 Å². The second-order valence-corrected chi connectivity index (χ2v) is 7.42. The van der Waals surface area contributed by atoms with Gasteiger partial charge >= 0.3 is 11.9 Å². The molecule has 0 bridgehead atoms. The number of hydrogen-bond donors (Lipinski definition) is 0. The van der Waals surface area contributed by atoms with Crippen molar-refractivity contribution in [2.75, 3.05) is 28.4 Å². The van der Waals surface area contributed by atoms with Crippen LogP contribution in [-0.4, -0.2) is 46.3 Å². The van der Waals surface area contributed by atoms with Crippen molar-refractivity contribution in [3.05, 3.63) is 83.1 Å². The molecule has 0 fully saturated rings. The topological polar surface area (TPSA) is 102 Å². The summed E-state index contributed by atoms with van der Waals surface area (Å²) in [5.74, 6) is 0.462. The maximum atomic E-state index is 12.9. The summed E-state index contributed by atoms with van der Waals surface area (Å²) in [6.07, 6.45) is 1.56. The van der Waals surface area contributed by atoms with Crippen molar-refractivity contribution in [1.82, 2.24) is 0 Å². The molecule has 3 aromatic rings. The van der Waals surface area contributed by atoms with Gasteiger partial charge in [0.2, 0.25) is 11.6 Å². The summed E-state index contributed by atoms with van der Waals surface area (Å²) < 4.78 is 32.1. The van der Waals surface area contributed by atoms with Gasteiger partial charge in [-0.2, -0.15) is 0 Å². The molecule has 0 atom stereocenters. The first kappa shape index (κ1) is 24.3. The third-order valence-electron chi connectivity index (χ3n) is 5.24. The highest BCUT2D eigenvalue weighted by atomic mass is 16.6. The molecule has 3 aromatic carbocycles. The molecule has 4 rings (SSSR count). The van der Waals surface area contributed by atoms with E-state index >= 15 is 0 Å². The molecular formula is C27H23NO8. The van der Waals surface area contributed by atoms with Crippen LogP contribution in [0.1, 0.15) is 21.5 Å². The molecule has 0 aromatic heterocycles. The quantitative estimate of drug-likeness (QED) is 0.262. The van der Waals surface area contributed by atoms with Gasteiger partial charge in [-0.25, -0.2) is 14.6 Å². The van der Waals surface area contributed by atoms with Crippen LogP contribution in [0.4, 0.5) is 0 Å². The first-order valence-corrected chi connectivity index (χ1v) is 10.8. The minimum Gasteiger partial charge on any atom is -0.493 e. The minimum absolute atomic E-state index is 0.137. The second-order valence-electron chi connectivity index (χ2n) is 7.42. The van der Waals surface area contributed by atoms with Crippen molar-refractivity contribution < 1.29 is 38.0 Å². The fraction of sp³-hybridized carbons (Fsp3) is 0.148. The lowest BCUT2D eigenvalue weighted by Gasteiger charge is -2.14. The number of carbonyl (C=O) groups excluding carboxylic acids is 2. The highest BCUT2D eigenvalue weighted by Gasteiger charge is 2.24. The van der Waals surface area contributed by atoms with Crippen LogP contribution in [0.2, 0.25) is 0 Å². The maximum Gasteiger partial charge on any atom is 0.363 e. The van der Waals surface area contributed by atoms with Gasteiger partial charge in [-0.05, 0) is 48.0 Å². The summed E-state index contributed by atoms with van der Waals surface area (Å²) in [7, 11) is 5.82. The number of cyclic esters (lactones) is 1. The number of ether oxygens (including phenoxy) is 6. The van der Waals surface area contributed by atoms with Gasteiger partial charge in [0.15, 0.2) is 28.7 Å². The molecular weight excluding hydrogens is 466 g/mol. The van der Waals surface area contributed by atoms with E-state index in [9.17, 15) is 9.59 Å². The molecule has 1 aliphatic rings. The van der Waals surface area contributed by atoms with E-state index < -0.39 is 11.9 Å². The van der Waals surface area contributed by atoms with Gasteiger partial charge in [-0.3, -0.25) is 0 Å². The van der Waals surface area contributed by atoms with E-state index in [0.29, 0.717) is 28.4 Å². The van der Waals surface area contributed by atoms with Crippen LogP contribution in [-0.2, 0) is 9.53 Å². The molecule has 9 nitrogen and oxygen atoms in total. The van der Waals surface area contributed by atoms with Gasteiger partial charge in [-0.1, -0.05) is 24.3 Å². The van der Waals surface area contributed by atoms with E-state index in [2.05, 4.69) is 4.99 Å². The third-order valence-corrected chi connectivity index (χ3v) is 5.24. The maximum absolute atomic E-state index is 12.9. The predicted octanol–water partition coefficient (Wildman–Crippen LogP) is 4.28. The van der Waals surface area contributed by atoms with Gasteiger partial charge in [0, 0.05) is 5.56 Å². The Labute approximate surface area is 207 Å². The number of esters is 2. The molecule has 0 saturated carbocycles. The molecule has 0 unspecified atom stereocenters. The van der Waals surface area contributed by atoms with Crippen molar-refractivity contribution in [2.45, 2.75) is 0 Å². The molecule has 1 heterocycles. The van der Waals surface area contributed by atoms with Crippen LogP contribution in [0.25, 0.3) is 6.08 Å². The van der Waals surface area contributed by atoms with Gasteiger partial charge in [-0.15, -0.1) is 0 Å². The van der Waals surface area contributed by atoms with Crippen molar-refractivity contribution >= 4 is 23.9 Å². The molecule has 0 aliphatic carbocycles. The van der Waals surface area contributed by atoms with Gasteiger partial charge in [0.05, 0.1) is 34.0 Å². The first-order valence-electron chi connectivity index (χ1n) is 10.8. The predicted molar refractivity (Wildman–Crippen MR) is 131 cm³/mol. The second kappa shape index (κ2) is 10.6. The van der Waals surface area contributed by atoms with E-state index in [1.54, 1.807) is 36.4 Å². The summed E-state index contributed by atoms with van der Waals surface area (Å²) in [5, 5.41) is 0. The van der Waals surface area contributed by atoms with E-state index in [1.165, 1.54) is 40.6 Å². The SMILES string of the molecule is COc1cc(C=C2N=C(c3ccccc3)OC2=O)ccc1OC(=O)c1cc(OC)c(OC)c(OC)c1. The van der Waals surface area contributed by atoms with Crippen molar-refractivity contribution in [3.8, 4) is 28.7 Å². The molecule has 0 spiro atoms. The zero-order chi connectivity index (χ0) is 25.7. The Balaban J connectivity index is 1.58. The summed E-state index contributed by atoms with van der Waals surface area (Å²) in [6.45, 7) is 0. The lowest BCUT2D eigenvalue weighted by atomic mass is 10.1.